The summed E-state index contributed by atoms with van der Waals surface area (Å²) in [5.41, 5.74) is 3.25. The molecule has 3 N–H and O–H groups in total. The van der Waals surface area contributed by atoms with Crippen molar-refractivity contribution in [2.45, 2.75) is 26.2 Å². The third-order valence-electron chi connectivity index (χ3n) is 4.12. The zero-order valence-electron chi connectivity index (χ0n) is 15.4. The van der Waals surface area contributed by atoms with Crippen LogP contribution in [0, 0.1) is 17.2 Å². The average molecular weight is 365 g/mol. The molecule has 0 saturated carbocycles. The van der Waals surface area contributed by atoms with E-state index in [4.69, 9.17) is 10.4 Å². The molecule has 0 saturated heterocycles. The number of carbonyl (C=O) groups is 2. The first-order chi connectivity index (χ1) is 12.9. The largest absolute Gasteiger partial charge is 0.465 e. The van der Waals surface area contributed by atoms with E-state index in [9.17, 15) is 9.59 Å². The molecular formula is C21H23N3O3. The number of anilines is 1. The number of amides is 2. The third kappa shape index (κ3) is 5.86. The second-order valence-electron chi connectivity index (χ2n) is 6.69. The molecule has 0 aliphatic carbocycles. The Balaban J connectivity index is 2.29. The van der Waals surface area contributed by atoms with E-state index < -0.39 is 6.09 Å². The van der Waals surface area contributed by atoms with Gasteiger partial charge in [-0.3, -0.25) is 10.1 Å². The minimum absolute atomic E-state index is 0.00877. The summed E-state index contributed by atoms with van der Waals surface area (Å²) in [5, 5.41) is 22.4. The number of carboxylic acid groups (broad SMARTS) is 1. The van der Waals surface area contributed by atoms with Crippen LogP contribution in [0.25, 0.3) is 11.1 Å². The monoisotopic (exact) mass is 365 g/mol. The molecule has 0 aliphatic heterocycles. The molecule has 27 heavy (non-hydrogen) atoms. The quantitative estimate of drug-likeness (QED) is 0.639. The van der Waals surface area contributed by atoms with Crippen molar-refractivity contribution in [1.82, 2.24) is 5.32 Å². The van der Waals surface area contributed by atoms with Gasteiger partial charge in [0.25, 0.3) is 0 Å². The molecule has 2 aromatic carbocycles. The first kappa shape index (κ1) is 20.0. The standard InChI is InChI=1S/C21H23N3O3/c1-14(2)12-19(20(25)23-11-10-22)17-5-3-4-16(13-17)15-6-8-18(9-7-15)24-21(26)27/h3-9,13-14,19,24H,11-12H2,1-2H3,(H,23,25)(H,26,27). The fraction of sp³-hybridized carbons (Fsp3) is 0.286. The van der Waals surface area contributed by atoms with Crippen LogP contribution in [0.4, 0.5) is 10.5 Å². The Morgan fingerprint density at radius 3 is 2.41 bits per heavy atom. The lowest BCUT2D eigenvalue weighted by Crippen LogP contribution is -2.30. The molecule has 0 radical (unpaired) electrons. The minimum atomic E-state index is -1.11. The fourth-order valence-electron chi connectivity index (χ4n) is 2.92. The van der Waals surface area contributed by atoms with Crippen LogP contribution >= 0.6 is 0 Å². The molecule has 2 rings (SSSR count). The van der Waals surface area contributed by atoms with Crippen LogP contribution in [0.3, 0.4) is 0 Å². The van der Waals surface area contributed by atoms with E-state index in [0.717, 1.165) is 16.7 Å². The fourth-order valence-corrected chi connectivity index (χ4v) is 2.92. The molecule has 0 spiro atoms. The summed E-state index contributed by atoms with van der Waals surface area (Å²) in [4.78, 5) is 23.2. The van der Waals surface area contributed by atoms with Gasteiger partial charge in [0.15, 0.2) is 0 Å². The first-order valence-electron chi connectivity index (χ1n) is 8.75. The summed E-state index contributed by atoms with van der Waals surface area (Å²) in [5.74, 6) is -0.150. The van der Waals surface area contributed by atoms with Crippen molar-refractivity contribution in [3.8, 4) is 17.2 Å². The Hall–Kier alpha value is -3.33. The zero-order chi connectivity index (χ0) is 19.8. The second-order valence-corrected chi connectivity index (χ2v) is 6.69. The van der Waals surface area contributed by atoms with Gasteiger partial charge < -0.3 is 10.4 Å². The molecule has 2 aromatic rings. The highest BCUT2D eigenvalue weighted by Crippen LogP contribution is 2.29. The molecule has 140 valence electrons. The number of rotatable bonds is 7. The molecule has 0 aliphatic rings. The summed E-state index contributed by atoms with van der Waals surface area (Å²) in [6.45, 7) is 4.11. The summed E-state index contributed by atoms with van der Waals surface area (Å²) >= 11 is 0. The highest BCUT2D eigenvalue weighted by atomic mass is 16.4. The SMILES string of the molecule is CC(C)CC(C(=O)NCC#N)c1cccc(-c2ccc(NC(=O)O)cc2)c1. The molecule has 0 heterocycles. The van der Waals surface area contributed by atoms with E-state index in [0.29, 0.717) is 18.0 Å². The van der Waals surface area contributed by atoms with Crippen molar-refractivity contribution < 1.29 is 14.7 Å². The minimum Gasteiger partial charge on any atom is -0.465 e. The van der Waals surface area contributed by atoms with E-state index in [-0.39, 0.29) is 18.4 Å². The average Bonchev–Trinajstić information content (AvgIpc) is 2.64. The molecule has 0 fully saturated rings. The number of hydrogen-bond donors (Lipinski definition) is 3. The predicted molar refractivity (Wildman–Crippen MR) is 104 cm³/mol. The smallest absolute Gasteiger partial charge is 0.409 e. The third-order valence-corrected chi connectivity index (χ3v) is 4.12. The lowest BCUT2D eigenvalue weighted by atomic mass is 9.88. The number of nitriles is 1. The maximum Gasteiger partial charge on any atom is 0.409 e. The van der Waals surface area contributed by atoms with Gasteiger partial charge in [-0.05, 0) is 41.2 Å². The van der Waals surface area contributed by atoms with Crippen molar-refractivity contribution in [2.24, 2.45) is 5.92 Å². The molecular weight excluding hydrogens is 342 g/mol. The summed E-state index contributed by atoms with van der Waals surface area (Å²) in [6.07, 6.45) is -0.424. The normalized spacial score (nSPS) is 11.5. The van der Waals surface area contributed by atoms with Gasteiger partial charge in [0.05, 0.1) is 12.0 Å². The summed E-state index contributed by atoms with van der Waals surface area (Å²) < 4.78 is 0. The van der Waals surface area contributed by atoms with E-state index in [1.807, 2.05) is 42.5 Å². The molecule has 0 bridgehead atoms. The van der Waals surface area contributed by atoms with Gasteiger partial charge in [-0.15, -0.1) is 0 Å². The van der Waals surface area contributed by atoms with Crippen molar-refractivity contribution in [2.75, 3.05) is 11.9 Å². The number of carbonyl (C=O) groups excluding carboxylic acids is 1. The number of benzene rings is 2. The van der Waals surface area contributed by atoms with Gasteiger partial charge in [-0.25, -0.2) is 4.79 Å². The number of hydrogen-bond acceptors (Lipinski definition) is 3. The van der Waals surface area contributed by atoms with Gasteiger partial charge in [0, 0.05) is 5.69 Å². The predicted octanol–water partition coefficient (Wildman–Crippen LogP) is 4.21. The van der Waals surface area contributed by atoms with Gasteiger partial charge in [0.2, 0.25) is 5.91 Å². The van der Waals surface area contributed by atoms with Crippen molar-refractivity contribution in [3.05, 3.63) is 54.1 Å². The lowest BCUT2D eigenvalue weighted by Gasteiger charge is -2.19. The van der Waals surface area contributed by atoms with Gasteiger partial charge in [-0.1, -0.05) is 50.2 Å². The van der Waals surface area contributed by atoms with Crippen LogP contribution in [-0.4, -0.2) is 23.7 Å². The molecule has 1 unspecified atom stereocenters. The van der Waals surface area contributed by atoms with Crippen molar-refractivity contribution >= 4 is 17.7 Å². The van der Waals surface area contributed by atoms with Crippen LogP contribution in [0.1, 0.15) is 31.7 Å². The summed E-state index contributed by atoms with van der Waals surface area (Å²) in [7, 11) is 0. The first-order valence-corrected chi connectivity index (χ1v) is 8.75. The lowest BCUT2D eigenvalue weighted by molar-refractivity contribution is -0.122. The highest BCUT2D eigenvalue weighted by Gasteiger charge is 2.22. The van der Waals surface area contributed by atoms with Crippen molar-refractivity contribution in [3.63, 3.8) is 0 Å². The Bertz CT molecular complexity index is 838. The second kappa shape index (κ2) is 9.39. The Kier molecular flexibility index (Phi) is 6.95. The molecule has 2 amide bonds. The van der Waals surface area contributed by atoms with Crippen molar-refractivity contribution in [1.29, 1.82) is 5.26 Å². The van der Waals surface area contributed by atoms with Crippen LogP contribution in [0.5, 0.6) is 0 Å². The van der Waals surface area contributed by atoms with Gasteiger partial charge in [0.1, 0.15) is 6.54 Å². The molecule has 0 aromatic heterocycles. The Labute approximate surface area is 158 Å². The maximum absolute atomic E-state index is 12.5. The highest BCUT2D eigenvalue weighted by molar-refractivity contribution is 5.85. The van der Waals surface area contributed by atoms with Crippen LogP contribution in [0.2, 0.25) is 0 Å². The topological polar surface area (TPSA) is 102 Å². The van der Waals surface area contributed by atoms with Gasteiger partial charge in [-0.2, -0.15) is 5.26 Å². The zero-order valence-corrected chi connectivity index (χ0v) is 15.4. The maximum atomic E-state index is 12.5. The van der Waals surface area contributed by atoms with E-state index in [2.05, 4.69) is 24.5 Å². The van der Waals surface area contributed by atoms with E-state index >= 15 is 0 Å². The number of nitrogens with one attached hydrogen (secondary N) is 2. The van der Waals surface area contributed by atoms with E-state index in [1.54, 1.807) is 12.1 Å². The number of nitrogens with zero attached hydrogens (tertiary/aromatic N) is 1. The van der Waals surface area contributed by atoms with Crippen LogP contribution < -0.4 is 10.6 Å². The van der Waals surface area contributed by atoms with Crippen LogP contribution in [-0.2, 0) is 4.79 Å². The summed E-state index contributed by atoms with van der Waals surface area (Å²) in [6, 6.07) is 16.7. The molecule has 6 heteroatoms. The Morgan fingerprint density at radius 2 is 1.81 bits per heavy atom. The Morgan fingerprint density at radius 1 is 1.11 bits per heavy atom. The molecule has 6 nitrogen and oxygen atoms in total. The van der Waals surface area contributed by atoms with E-state index in [1.165, 1.54) is 0 Å². The van der Waals surface area contributed by atoms with Crippen LogP contribution in [0.15, 0.2) is 48.5 Å². The van der Waals surface area contributed by atoms with Gasteiger partial charge >= 0.3 is 6.09 Å². The molecule has 1 atom stereocenters.